The van der Waals surface area contributed by atoms with Crippen LogP contribution in [-0.4, -0.2) is 14.8 Å². The predicted octanol–water partition coefficient (Wildman–Crippen LogP) is 3.10. The first-order valence-corrected chi connectivity index (χ1v) is 8.46. The molecule has 21 heavy (non-hydrogen) atoms. The van der Waals surface area contributed by atoms with Crippen molar-refractivity contribution in [2.45, 2.75) is 57.9 Å². The average molecular weight is 304 g/mol. The van der Waals surface area contributed by atoms with E-state index in [1.807, 2.05) is 17.9 Å². The Labute approximate surface area is 130 Å². The predicted molar refractivity (Wildman–Crippen MR) is 86.7 cm³/mol. The lowest BCUT2D eigenvalue weighted by atomic mass is 9.88. The first-order valence-electron chi connectivity index (χ1n) is 7.64. The number of fused-ring (bicyclic) bond motifs is 1. The Morgan fingerprint density at radius 3 is 2.67 bits per heavy atom. The van der Waals surface area contributed by atoms with Gasteiger partial charge in [0.25, 0.3) is 0 Å². The zero-order chi connectivity index (χ0) is 15.2. The number of hydrogen-bond acceptors (Lipinski definition) is 4. The first-order chi connectivity index (χ1) is 9.86. The number of nitrogens with zero attached hydrogens (tertiary/aromatic N) is 3. The topological polar surface area (TPSA) is 56.7 Å². The Balaban J connectivity index is 1.99. The molecule has 4 nitrogen and oxygen atoms in total. The van der Waals surface area contributed by atoms with Gasteiger partial charge in [0.15, 0.2) is 0 Å². The molecule has 0 aliphatic heterocycles. The van der Waals surface area contributed by atoms with E-state index in [9.17, 15) is 0 Å². The summed E-state index contributed by atoms with van der Waals surface area (Å²) in [6.07, 6.45) is 6.86. The summed E-state index contributed by atoms with van der Waals surface area (Å²) in [4.78, 5) is 6.25. The maximum absolute atomic E-state index is 6.53. The van der Waals surface area contributed by atoms with Gasteiger partial charge < -0.3 is 5.73 Å². The van der Waals surface area contributed by atoms with E-state index < -0.39 is 0 Å². The van der Waals surface area contributed by atoms with Crippen LogP contribution in [-0.2, 0) is 25.3 Å². The third kappa shape index (κ3) is 2.77. The van der Waals surface area contributed by atoms with Gasteiger partial charge in [-0.3, -0.25) is 4.68 Å². The van der Waals surface area contributed by atoms with Crippen molar-refractivity contribution in [3.05, 3.63) is 33.0 Å². The first kappa shape index (κ1) is 14.7. The lowest BCUT2D eigenvalue weighted by molar-refractivity contribution is 0.545. The second-order valence-corrected chi connectivity index (χ2v) is 8.08. The summed E-state index contributed by atoms with van der Waals surface area (Å²) in [7, 11) is 1.96. The molecule has 0 fully saturated rings. The molecule has 5 heteroatoms. The summed E-state index contributed by atoms with van der Waals surface area (Å²) in [5.74, 6) is 0. The van der Waals surface area contributed by atoms with Gasteiger partial charge in [-0.15, -0.1) is 11.3 Å². The van der Waals surface area contributed by atoms with Crippen molar-refractivity contribution < 1.29 is 0 Å². The molecule has 2 heterocycles. The molecule has 1 atom stereocenters. The number of hydrogen-bond donors (Lipinski definition) is 1. The molecule has 1 unspecified atom stereocenters. The third-order valence-electron chi connectivity index (χ3n) is 4.03. The fourth-order valence-electron chi connectivity index (χ4n) is 2.96. The number of thiazole rings is 1. The molecule has 1 aliphatic carbocycles. The Kier molecular flexibility index (Phi) is 3.66. The van der Waals surface area contributed by atoms with Gasteiger partial charge in [-0.1, -0.05) is 20.8 Å². The van der Waals surface area contributed by atoms with E-state index in [1.165, 1.54) is 29.8 Å². The maximum Gasteiger partial charge on any atom is 0.115 e. The minimum absolute atomic E-state index is 0.00884. The summed E-state index contributed by atoms with van der Waals surface area (Å²) in [5, 5.41) is 5.67. The van der Waals surface area contributed by atoms with Gasteiger partial charge >= 0.3 is 0 Å². The van der Waals surface area contributed by atoms with Crippen molar-refractivity contribution in [3.8, 4) is 0 Å². The van der Waals surface area contributed by atoms with Crippen LogP contribution < -0.4 is 5.73 Å². The van der Waals surface area contributed by atoms with E-state index in [2.05, 4.69) is 25.9 Å². The highest BCUT2D eigenvalue weighted by Gasteiger charge is 2.28. The van der Waals surface area contributed by atoms with Crippen molar-refractivity contribution in [2.75, 3.05) is 0 Å². The van der Waals surface area contributed by atoms with Crippen LogP contribution in [0.5, 0.6) is 0 Å². The van der Waals surface area contributed by atoms with Crippen LogP contribution in [0, 0.1) is 0 Å². The minimum Gasteiger partial charge on any atom is -0.318 e. The zero-order valence-corrected chi connectivity index (χ0v) is 14.1. The van der Waals surface area contributed by atoms with Crippen molar-refractivity contribution >= 4 is 11.3 Å². The van der Waals surface area contributed by atoms with Crippen molar-refractivity contribution in [3.63, 3.8) is 0 Å². The van der Waals surface area contributed by atoms with Crippen LogP contribution in [0.25, 0.3) is 0 Å². The Hall–Kier alpha value is -1.20. The highest BCUT2D eigenvalue weighted by molar-refractivity contribution is 7.11. The van der Waals surface area contributed by atoms with E-state index >= 15 is 0 Å². The van der Waals surface area contributed by atoms with Gasteiger partial charge in [-0.25, -0.2) is 4.98 Å². The SMILES string of the molecule is Cn1cc(C(N)c2nc3c(s2)CCCC3)c(C(C)(C)C)n1. The Morgan fingerprint density at radius 1 is 1.29 bits per heavy atom. The van der Waals surface area contributed by atoms with E-state index in [-0.39, 0.29) is 11.5 Å². The van der Waals surface area contributed by atoms with E-state index in [0.29, 0.717) is 0 Å². The van der Waals surface area contributed by atoms with Crippen LogP contribution in [0.4, 0.5) is 0 Å². The van der Waals surface area contributed by atoms with Crippen LogP contribution in [0.15, 0.2) is 6.20 Å². The summed E-state index contributed by atoms with van der Waals surface area (Å²) in [6.45, 7) is 6.54. The van der Waals surface area contributed by atoms with Gasteiger partial charge in [-0.05, 0) is 25.7 Å². The van der Waals surface area contributed by atoms with E-state index in [1.54, 1.807) is 11.3 Å². The molecule has 0 bridgehead atoms. The zero-order valence-electron chi connectivity index (χ0n) is 13.3. The third-order valence-corrected chi connectivity index (χ3v) is 5.27. The molecule has 1 aliphatic rings. The molecule has 0 spiro atoms. The molecule has 0 saturated heterocycles. The van der Waals surface area contributed by atoms with Gasteiger partial charge in [-0.2, -0.15) is 5.10 Å². The van der Waals surface area contributed by atoms with Crippen LogP contribution in [0.2, 0.25) is 0 Å². The molecule has 2 N–H and O–H groups in total. The summed E-state index contributed by atoms with van der Waals surface area (Å²) < 4.78 is 1.86. The second kappa shape index (κ2) is 5.21. The van der Waals surface area contributed by atoms with Crippen molar-refractivity contribution in [1.29, 1.82) is 0 Å². The quantitative estimate of drug-likeness (QED) is 0.927. The highest BCUT2D eigenvalue weighted by Crippen LogP contribution is 2.34. The number of rotatable bonds is 2. The minimum atomic E-state index is -0.163. The lowest BCUT2D eigenvalue weighted by Crippen LogP contribution is -2.20. The molecule has 3 rings (SSSR count). The number of aromatic nitrogens is 3. The van der Waals surface area contributed by atoms with Gasteiger partial charge in [0.2, 0.25) is 0 Å². The molecule has 2 aromatic heterocycles. The number of aryl methyl sites for hydroxylation is 3. The fraction of sp³-hybridized carbons (Fsp3) is 0.625. The normalized spacial score (nSPS) is 16.8. The molecular weight excluding hydrogens is 280 g/mol. The monoisotopic (exact) mass is 304 g/mol. The average Bonchev–Trinajstić information content (AvgIpc) is 3.00. The van der Waals surface area contributed by atoms with E-state index in [0.717, 1.165) is 22.7 Å². The van der Waals surface area contributed by atoms with Crippen LogP contribution in [0.1, 0.15) is 66.5 Å². The Morgan fingerprint density at radius 2 is 2.00 bits per heavy atom. The highest BCUT2D eigenvalue weighted by atomic mass is 32.1. The molecule has 114 valence electrons. The van der Waals surface area contributed by atoms with Crippen LogP contribution in [0.3, 0.4) is 0 Å². The number of nitrogens with two attached hydrogens (primary N) is 1. The van der Waals surface area contributed by atoms with Crippen molar-refractivity contribution in [2.24, 2.45) is 12.8 Å². The van der Waals surface area contributed by atoms with Gasteiger partial charge in [0.05, 0.1) is 17.4 Å². The van der Waals surface area contributed by atoms with Gasteiger partial charge in [0, 0.05) is 29.1 Å². The second-order valence-electron chi connectivity index (χ2n) is 6.96. The largest absolute Gasteiger partial charge is 0.318 e. The molecule has 0 saturated carbocycles. The fourth-order valence-corrected chi connectivity index (χ4v) is 4.13. The molecule has 0 radical (unpaired) electrons. The molecule has 0 aromatic carbocycles. The van der Waals surface area contributed by atoms with Crippen LogP contribution >= 0.6 is 11.3 Å². The standard InChI is InChI=1S/C16H24N4S/c1-16(2,3)14-10(9-20(4)19-14)13(17)15-18-11-7-5-6-8-12(11)21-15/h9,13H,5-8,17H2,1-4H3. The maximum atomic E-state index is 6.53. The molecule has 0 amide bonds. The summed E-state index contributed by atoms with van der Waals surface area (Å²) >= 11 is 1.79. The summed E-state index contributed by atoms with van der Waals surface area (Å²) in [6, 6.07) is -0.163. The Bertz CT molecular complexity index is 624. The molecular formula is C16H24N4S. The van der Waals surface area contributed by atoms with E-state index in [4.69, 9.17) is 10.7 Å². The van der Waals surface area contributed by atoms with Gasteiger partial charge in [0.1, 0.15) is 5.01 Å². The van der Waals surface area contributed by atoms with Crippen molar-refractivity contribution in [1.82, 2.24) is 14.8 Å². The lowest BCUT2D eigenvalue weighted by Gasteiger charge is -2.19. The molecule has 2 aromatic rings. The summed E-state index contributed by atoms with van der Waals surface area (Å²) in [5.41, 5.74) is 9.98. The smallest absolute Gasteiger partial charge is 0.115 e.